The molecule has 0 amide bonds. The standard InChI is InChI=1S/C42H31NS/c44-42-40(34-14-6-2-7-15-34)20-11-21-41(42)36-17-10-16-35(30-36)33-24-28-39(29-25-33)43(37-18-8-3-9-19-37)38-26-22-32(23-27-38)31-12-4-1-5-13-31/h1-30,44H. The van der Waals surface area contributed by atoms with E-state index >= 15 is 0 Å². The molecule has 0 radical (unpaired) electrons. The molecular formula is C42H31NS. The van der Waals surface area contributed by atoms with Crippen molar-refractivity contribution in [1.82, 2.24) is 0 Å². The Kier molecular flexibility index (Phi) is 7.82. The molecule has 0 bridgehead atoms. The molecule has 0 aliphatic rings. The molecular weight excluding hydrogens is 551 g/mol. The van der Waals surface area contributed by atoms with Gasteiger partial charge in [-0.25, -0.2) is 0 Å². The van der Waals surface area contributed by atoms with E-state index in [0.717, 1.165) is 38.6 Å². The molecule has 0 fully saturated rings. The quantitative estimate of drug-likeness (QED) is 0.183. The van der Waals surface area contributed by atoms with Crippen LogP contribution in [-0.4, -0.2) is 0 Å². The molecule has 7 aromatic carbocycles. The fourth-order valence-electron chi connectivity index (χ4n) is 5.75. The van der Waals surface area contributed by atoms with Crippen LogP contribution in [0.5, 0.6) is 0 Å². The van der Waals surface area contributed by atoms with E-state index < -0.39 is 0 Å². The van der Waals surface area contributed by atoms with Crippen LogP contribution in [0.15, 0.2) is 187 Å². The van der Waals surface area contributed by atoms with Crippen LogP contribution >= 0.6 is 12.6 Å². The van der Waals surface area contributed by atoms with Crippen molar-refractivity contribution in [3.05, 3.63) is 182 Å². The van der Waals surface area contributed by atoms with Gasteiger partial charge in [0.25, 0.3) is 0 Å². The summed E-state index contributed by atoms with van der Waals surface area (Å²) in [5, 5.41) is 0. The molecule has 44 heavy (non-hydrogen) atoms. The highest BCUT2D eigenvalue weighted by molar-refractivity contribution is 7.80. The summed E-state index contributed by atoms with van der Waals surface area (Å²) in [6, 6.07) is 64.3. The van der Waals surface area contributed by atoms with E-state index in [-0.39, 0.29) is 0 Å². The number of nitrogens with zero attached hydrogens (tertiary/aromatic N) is 1. The van der Waals surface area contributed by atoms with Gasteiger partial charge in [0.2, 0.25) is 0 Å². The molecule has 0 saturated carbocycles. The highest BCUT2D eigenvalue weighted by Crippen LogP contribution is 2.39. The van der Waals surface area contributed by atoms with Crippen LogP contribution in [0.2, 0.25) is 0 Å². The zero-order valence-corrected chi connectivity index (χ0v) is 25.1. The van der Waals surface area contributed by atoms with Gasteiger partial charge >= 0.3 is 0 Å². The number of para-hydroxylation sites is 1. The fourth-order valence-corrected chi connectivity index (χ4v) is 6.16. The van der Waals surface area contributed by atoms with Crippen molar-refractivity contribution in [2.45, 2.75) is 4.90 Å². The van der Waals surface area contributed by atoms with Crippen LogP contribution in [0.3, 0.4) is 0 Å². The van der Waals surface area contributed by atoms with Gasteiger partial charge in [-0.15, -0.1) is 12.6 Å². The third-order valence-electron chi connectivity index (χ3n) is 8.00. The molecule has 0 aliphatic carbocycles. The lowest BCUT2D eigenvalue weighted by atomic mass is 9.96. The maximum Gasteiger partial charge on any atom is 0.0462 e. The Morgan fingerprint density at radius 2 is 0.682 bits per heavy atom. The Morgan fingerprint density at radius 3 is 1.27 bits per heavy atom. The molecule has 7 aromatic rings. The Labute approximate surface area is 265 Å². The summed E-state index contributed by atoms with van der Waals surface area (Å²) in [5.74, 6) is 0. The van der Waals surface area contributed by atoms with Gasteiger partial charge in [0, 0.05) is 22.0 Å². The zero-order chi connectivity index (χ0) is 29.7. The summed E-state index contributed by atoms with van der Waals surface area (Å²) >= 11 is 4.98. The second-order valence-corrected chi connectivity index (χ2v) is 11.2. The second-order valence-electron chi connectivity index (χ2n) is 10.8. The largest absolute Gasteiger partial charge is 0.311 e. The van der Waals surface area contributed by atoms with Crippen molar-refractivity contribution < 1.29 is 0 Å². The number of thiol groups is 1. The van der Waals surface area contributed by atoms with Crippen LogP contribution in [0.1, 0.15) is 0 Å². The first-order valence-corrected chi connectivity index (χ1v) is 15.3. The van der Waals surface area contributed by atoms with Crippen LogP contribution in [-0.2, 0) is 0 Å². The highest BCUT2D eigenvalue weighted by Gasteiger charge is 2.14. The minimum atomic E-state index is 0.989. The number of hydrogen-bond acceptors (Lipinski definition) is 2. The van der Waals surface area contributed by atoms with E-state index in [0.29, 0.717) is 0 Å². The van der Waals surface area contributed by atoms with Gasteiger partial charge in [0.1, 0.15) is 0 Å². The van der Waals surface area contributed by atoms with Gasteiger partial charge in [-0.05, 0) is 87.0 Å². The van der Waals surface area contributed by atoms with Crippen LogP contribution in [0.4, 0.5) is 17.1 Å². The average molecular weight is 582 g/mol. The number of hydrogen-bond donors (Lipinski definition) is 1. The van der Waals surface area contributed by atoms with Crippen molar-refractivity contribution in [3.63, 3.8) is 0 Å². The van der Waals surface area contributed by atoms with E-state index in [9.17, 15) is 0 Å². The molecule has 0 saturated heterocycles. The normalized spacial score (nSPS) is 10.8. The summed E-state index contributed by atoms with van der Waals surface area (Å²) in [4.78, 5) is 3.29. The van der Waals surface area contributed by atoms with Gasteiger partial charge in [0.05, 0.1) is 0 Å². The van der Waals surface area contributed by atoms with Gasteiger partial charge in [0.15, 0.2) is 0 Å². The summed E-state index contributed by atoms with van der Waals surface area (Å²) in [5.41, 5.74) is 12.7. The molecule has 0 spiro atoms. The first-order chi connectivity index (χ1) is 21.7. The van der Waals surface area contributed by atoms with E-state index in [1.165, 1.54) is 27.8 Å². The zero-order valence-electron chi connectivity index (χ0n) is 24.2. The Morgan fingerprint density at radius 1 is 0.295 bits per heavy atom. The summed E-state index contributed by atoms with van der Waals surface area (Å²) in [6.45, 7) is 0. The average Bonchev–Trinajstić information content (AvgIpc) is 3.10. The third-order valence-corrected chi connectivity index (χ3v) is 8.48. The van der Waals surface area contributed by atoms with Gasteiger partial charge in [-0.1, -0.05) is 140 Å². The topological polar surface area (TPSA) is 3.24 Å². The van der Waals surface area contributed by atoms with Crippen molar-refractivity contribution in [1.29, 1.82) is 0 Å². The lowest BCUT2D eigenvalue weighted by Crippen LogP contribution is -2.09. The molecule has 0 heterocycles. The smallest absolute Gasteiger partial charge is 0.0462 e. The molecule has 0 aliphatic heterocycles. The molecule has 1 nitrogen and oxygen atoms in total. The van der Waals surface area contributed by atoms with E-state index in [4.69, 9.17) is 12.6 Å². The summed E-state index contributed by atoms with van der Waals surface area (Å²) < 4.78 is 0. The van der Waals surface area contributed by atoms with Crippen molar-refractivity contribution >= 4 is 29.7 Å². The fraction of sp³-hybridized carbons (Fsp3) is 0. The maximum absolute atomic E-state index is 4.98. The van der Waals surface area contributed by atoms with E-state index in [2.05, 4.69) is 181 Å². The summed E-state index contributed by atoms with van der Waals surface area (Å²) in [7, 11) is 0. The number of anilines is 3. The van der Waals surface area contributed by atoms with E-state index in [1.807, 2.05) is 6.07 Å². The predicted molar refractivity (Wildman–Crippen MR) is 190 cm³/mol. The lowest BCUT2D eigenvalue weighted by Gasteiger charge is -2.26. The maximum atomic E-state index is 4.98. The predicted octanol–water partition coefficient (Wildman–Crippen LogP) is 12.1. The van der Waals surface area contributed by atoms with Crippen molar-refractivity contribution in [2.24, 2.45) is 0 Å². The molecule has 0 unspecified atom stereocenters. The first-order valence-electron chi connectivity index (χ1n) is 14.8. The SMILES string of the molecule is Sc1c(-c2ccccc2)cccc1-c1cccc(-c2ccc(N(c3ccccc3)c3ccc(-c4ccccc4)cc3)cc2)c1. The minimum Gasteiger partial charge on any atom is -0.311 e. The van der Waals surface area contributed by atoms with Gasteiger partial charge in [-0.3, -0.25) is 0 Å². The Balaban J connectivity index is 1.21. The molecule has 7 rings (SSSR count). The second kappa shape index (κ2) is 12.5. The Bertz CT molecular complexity index is 1980. The lowest BCUT2D eigenvalue weighted by molar-refractivity contribution is 1.28. The van der Waals surface area contributed by atoms with Crippen LogP contribution in [0, 0.1) is 0 Å². The van der Waals surface area contributed by atoms with Crippen LogP contribution < -0.4 is 4.90 Å². The monoisotopic (exact) mass is 581 g/mol. The van der Waals surface area contributed by atoms with Crippen molar-refractivity contribution in [2.75, 3.05) is 4.90 Å². The number of benzene rings is 7. The van der Waals surface area contributed by atoms with E-state index in [1.54, 1.807) is 0 Å². The minimum absolute atomic E-state index is 0.989. The number of rotatable bonds is 7. The van der Waals surface area contributed by atoms with Crippen LogP contribution in [0.25, 0.3) is 44.5 Å². The molecule has 210 valence electrons. The molecule has 0 atom stereocenters. The highest BCUT2D eigenvalue weighted by atomic mass is 32.1. The van der Waals surface area contributed by atoms with Crippen molar-refractivity contribution in [3.8, 4) is 44.5 Å². The third kappa shape index (κ3) is 5.68. The Hall–Kier alpha value is -5.31. The molecule has 0 N–H and O–H groups in total. The molecule has 2 heteroatoms. The van der Waals surface area contributed by atoms with Gasteiger partial charge < -0.3 is 4.90 Å². The van der Waals surface area contributed by atoms with Gasteiger partial charge in [-0.2, -0.15) is 0 Å². The summed E-state index contributed by atoms with van der Waals surface area (Å²) in [6.07, 6.45) is 0. The molecule has 0 aromatic heterocycles. The first kappa shape index (κ1) is 27.5.